The molecule has 0 radical (unpaired) electrons. The number of carbonyl (C=O) groups excluding carboxylic acids is 2. The molecule has 0 saturated carbocycles. The minimum Gasteiger partial charge on any atom is -0.396 e. The molecule has 2 rings (SSSR count). The van der Waals surface area contributed by atoms with Gasteiger partial charge in [-0.1, -0.05) is 24.3 Å². The highest BCUT2D eigenvalue weighted by molar-refractivity contribution is 6.00. The molecule has 90 valence electrons. The molecular formula is C13H15NO3. The first kappa shape index (κ1) is 11.8. The third-order valence-electron chi connectivity index (χ3n) is 2.99. The van der Waals surface area contributed by atoms with Crippen molar-refractivity contribution in [1.82, 2.24) is 5.32 Å². The topological polar surface area (TPSA) is 66.4 Å². The van der Waals surface area contributed by atoms with Crippen molar-refractivity contribution in [3.63, 3.8) is 0 Å². The van der Waals surface area contributed by atoms with E-state index in [1.54, 1.807) is 0 Å². The summed E-state index contributed by atoms with van der Waals surface area (Å²) in [6.07, 6.45) is 1.54. The van der Waals surface area contributed by atoms with Gasteiger partial charge in [-0.25, -0.2) is 0 Å². The molecule has 1 aliphatic rings. The summed E-state index contributed by atoms with van der Waals surface area (Å²) in [5.41, 5.74) is 1.93. The van der Waals surface area contributed by atoms with Crippen molar-refractivity contribution in [3.05, 3.63) is 35.4 Å². The number of hydrogen-bond acceptors (Lipinski definition) is 3. The van der Waals surface area contributed by atoms with Gasteiger partial charge < -0.3 is 5.11 Å². The Morgan fingerprint density at radius 1 is 1.35 bits per heavy atom. The fourth-order valence-corrected chi connectivity index (χ4v) is 2.11. The molecule has 4 heteroatoms. The normalized spacial score (nSPS) is 20.2. The van der Waals surface area contributed by atoms with E-state index in [1.807, 2.05) is 24.3 Å². The van der Waals surface area contributed by atoms with Crippen LogP contribution in [0.2, 0.25) is 0 Å². The molecular weight excluding hydrogens is 218 g/mol. The van der Waals surface area contributed by atoms with E-state index in [1.165, 1.54) is 0 Å². The van der Waals surface area contributed by atoms with Gasteiger partial charge in [0.2, 0.25) is 11.8 Å². The van der Waals surface area contributed by atoms with Crippen molar-refractivity contribution in [2.75, 3.05) is 6.61 Å². The van der Waals surface area contributed by atoms with Crippen molar-refractivity contribution >= 4 is 11.8 Å². The van der Waals surface area contributed by atoms with E-state index >= 15 is 0 Å². The first-order chi connectivity index (χ1) is 8.20. The molecule has 2 N–H and O–H groups in total. The zero-order chi connectivity index (χ0) is 12.3. The SMILES string of the molecule is O=C1CCC(c2cccc(CCO)c2)C(=O)N1. The highest BCUT2D eigenvalue weighted by Crippen LogP contribution is 2.25. The van der Waals surface area contributed by atoms with Gasteiger partial charge >= 0.3 is 0 Å². The van der Waals surface area contributed by atoms with Crippen LogP contribution in [0.4, 0.5) is 0 Å². The van der Waals surface area contributed by atoms with Gasteiger partial charge in [-0.2, -0.15) is 0 Å². The number of imide groups is 1. The average Bonchev–Trinajstić information content (AvgIpc) is 2.29. The van der Waals surface area contributed by atoms with Crippen LogP contribution in [0.3, 0.4) is 0 Å². The second-order valence-electron chi connectivity index (χ2n) is 4.22. The maximum Gasteiger partial charge on any atom is 0.234 e. The van der Waals surface area contributed by atoms with Crippen LogP contribution in [0.25, 0.3) is 0 Å². The number of aliphatic hydroxyl groups excluding tert-OH is 1. The largest absolute Gasteiger partial charge is 0.396 e. The van der Waals surface area contributed by atoms with Gasteiger partial charge in [0, 0.05) is 13.0 Å². The molecule has 1 heterocycles. The van der Waals surface area contributed by atoms with Crippen molar-refractivity contribution in [1.29, 1.82) is 0 Å². The number of amides is 2. The van der Waals surface area contributed by atoms with Crippen LogP contribution in [0, 0.1) is 0 Å². The third kappa shape index (κ3) is 2.71. The molecule has 2 amide bonds. The predicted molar refractivity (Wildman–Crippen MR) is 62.4 cm³/mol. The van der Waals surface area contributed by atoms with E-state index in [0.29, 0.717) is 19.3 Å². The van der Waals surface area contributed by atoms with Crippen molar-refractivity contribution in [2.24, 2.45) is 0 Å². The second kappa shape index (κ2) is 5.10. The molecule has 1 aliphatic heterocycles. The molecule has 1 aromatic rings. The average molecular weight is 233 g/mol. The van der Waals surface area contributed by atoms with Crippen molar-refractivity contribution < 1.29 is 14.7 Å². The van der Waals surface area contributed by atoms with Gasteiger partial charge in [0.15, 0.2) is 0 Å². The molecule has 0 bridgehead atoms. The fraction of sp³-hybridized carbons (Fsp3) is 0.385. The summed E-state index contributed by atoms with van der Waals surface area (Å²) in [5, 5.41) is 11.2. The summed E-state index contributed by atoms with van der Waals surface area (Å²) in [6, 6.07) is 7.62. The van der Waals surface area contributed by atoms with Crippen LogP contribution in [0.1, 0.15) is 29.9 Å². The minimum absolute atomic E-state index is 0.0960. The Kier molecular flexibility index (Phi) is 3.54. The van der Waals surface area contributed by atoms with Gasteiger partial charge in [-0.3, -0.25) is 14.9 Å². The Bertz CT molecular complexity index is 442. The Hall–Kier alpha value is -1.68. The second-order valence-corrected chi connectivity index (χ2v) is 4.22. The highest BCUT2D eigenvalue weighted by atomic mass is 16.3. The molecule has 1 fully saturated rings. The van der Waals surface area contributed by atoms with Crippen molar-refractivity contribution in [3.8, 4) is 0 Å². The lowest BCUT2D eigenvalue weighted by Gasteiger charge is -2.21. The predicted octanol–water partition coefficient (Wildman–Crippen LogP) is 0.742. The summed E-state index contributed by atoms with van der Waals surface area (Å²) >= 11 is 0. The van der Waals surface area contributed by atoms with E-state index in [9.17, 15) is 9.59 Å². The highest BCUT2D eigenvalue weighted by Gasteiger charge is 2.27. The number of rotatable bonds is 3. The summed E-state index contributed by atoms with van der Waals surface area (Å²) in [6.45, 7) is 0.0960. The zero-order valence-electron chi connectivity index (χ0n) is 9.48. The number of aliphatic hydroxyl groups is 1. The number of benzene rings is 1. The molecule has 17 heavy (non-hydrogen) atoms. The van der Waals surface area contributed by atoms with Gasteiger partial charge in [-0.15, -0.1) is 0 Å². The first-order valence-corrected chi connectivity index (χ1v) is 5.74. The van der Waals surface area contributed by atoms with Crippen LogP contribution in [-0.2, 0) is 16.0 Å². The number of nitrogens with one attached hydrogen (secondary N) is 1. The van der Waals surface area contributed by atoms with E-state index < -0.39 is 0 Å². The number of hydrogen-bond donors (Lipinski definition) is 2. The van der Waals surface area contributed by atoms with E-state index in [2.05, 4.69) is 5.32 Å². The molecule has 1 saturated heterocycles. The van der Waals surface area contributed by atoms with Crippen LogP contribution in [0.15, 0.2) is 24.3 Å². The smallest absolute Gasteiger partial charge is 0.234 e. The summed E-state index contributed by atoms with van der Waals surface area (Å²) in [5.74, 6) is -0.661. The summed E-state index contributed by atoms with van der Waals surface area (Å²) < 4.78 is 0. The van der Waals surface area contributed by atoms with Gasteiger partial charge in [0.05, 0.1) is 5.92 Å². The first-order valence-electron chi connectivity index (χ1n) is 5.74. The zero-order valence-corrected chi connectivity index (χ0v) is 9.48. The fourth-order valence-electron chi connectivity index (χ4n) is 2.11. The molecule has 0 spiro atoms. The summed E-state index contributed by atoms with van der Waals surface area (Å²) in [4.78, 5) is 22.7. The van der Waals surface area contributed by atoms with Crippen LogP contribution in [0.5, 0.6) is 0 Å². The molecule has 0 aromatic heterocycles. The molecule has 0 aliphatic carbocycles. The van der Waals surface area contributed by atoms with Crippen LogP contribution >= 0.6 is 0 Å². The molecule has 1 atom stereocenters. The van der Waals surface area contributed by atoms with Crippen molar-refractivity contribution in [2.45, 2.75) is 25.2 Å². The third-order valence-corrected chi connectivity index (χ3v) is 2.99. The Balaban J connectivity index is 2.18. The lowest BCUT2D eigenvalue weighted by molar-refractivity contribution is -0.134. The Labute approximate surface area is 99.6 Å². The maximum absolute atomic E-state index is 11.7. The molecule has 4 nitrogen and oxygen atoms in total. The monoisotopic (exact) mass is 233 g/mol. The number of piperidine rings is 1. The standard InChI is InChI=1S/C13H15NO3/c15-7-6-9-2-1-3-10(8-9)11-4-5-12(16)14-13(11)17/h1-3,8,11,15H,4-7H2,(H,14,16,17). The molecule has 1 unspecified atom stereocenters. The Morgan fingerprint density at radius 2 is 2.18 bits per heavy atom. The van der Waals surface area contributed by atoms with Gasteiger partial charge in [0.1, 0.15) is 0 Å². The minimum atomic E-state index is -0.244. The lowest BCUT2D eigenvalue weighted by atomic mass is 9.89. The van der Waals surface area contributed by atoms with Gasteiger partial charge in [-0.05, 0) is 24.0 Å². The summed E-state index contributed by atoms with van der Waals surface area (Å²) in [7, 11) is 0. The van der Waals surface area contributed by atoms with Crippen LogP contribution < -0.4 is 5.32 Å². The lowest BCUT2D eigenvalue weighted by Crippen LogP contribution is -2.39. The Morgan fingerprint density at radius 3 is 2.88 bits per heavy atom. The van der Waals surface area contributed by atoms with E-state index in [-0.39, 0.29) is 24.3 Å². The number of carbonyl (C=O) groups is 2. The quantitative estimate of drug-likeness (QED) is 0.757. The molecule has 1 aromatic carbocycles. The van der Waals surface area contributed by atoms with E-state index in [0.717, 1.165) is 11.1 Å². The van der Waals surface area contributed by atoms with Crippen LogP contribution in [-0.4, -0.2) is 23.5 Å². The maximum atomic E-state index is 11.7. The van der Waals surface area contributed by atoms with Gasteiger partial charge in [0.25, 0.3) is 0 Å². The van der Waals surface area contributed by atoms with E-state index in [4.69, 9.17) is 5.11 Å².